The Bertz CT molecular complexity index is 982. The molecule has 2 aromatic carbocycles. The molecule has 3 aromatic rings. The molecular weight excluding hydrogens is 322 g/mol. The van der Waals surface area contributed by atoms with E-state index in [-0.39, 0.29) is 5.91 Å². The van der Waals surface area contributed by atoms with Gasteiger partial charge in [0.15, 0.2) is 0 Å². The number of fused-ring (bicyclic) bond motifs is 1. The fourth-order valence-corrected chi connectivity index (χ4v) is 3.10. The summed E-state index contributed by atoms with van der Waals surface area (Å²) in [5.74, 6) is -0.122. The number of carbonyl (C=O) groups is 1. The Hall–Kier alpha value is -3.14. The first kappa shape index (κ1) is 17.7. The zero-order valence-electron chi connectivity index (χ0n) is 15.2. The first-order chi connectivity index (χ1) is 12.6. The van der Waals surface area contributed by atoms with Crippen LogP contribution in [0.4, 0.5) is 0 Å². The highest BCUT2D eigenvalue weighted by Gasteiger charge is 2.07. The van der Waals surface area contributed by atoms with Crippen molar-refractivity contribution in [2.45, 2.75) is 26.8 Å². The molecule has 0 aliphatic rings. The van der Waals surface area contributed by atoms with Gasteiger partial charge in [-0.3, -0.25) is 4.79 Å². The topological polar surface area (TPSA) is 46.4 Å². The van der Waals surface area contributed by atoms with Gasteiger partial charge < -0.3 is 4.57 Å². The van der Waals surface area contributed by atoms with Crippen LogP contribution in [-0.4, -0.2) is 16.7 Å². The second kappa shape index (κ2) is 7.83. The van der Waals surface area contributed by atoms with Crippen molar-refractivity contribution in [3.05, 3.63) is 83.6 Å². The highest BCUT2D eigenvalue weighted by atomic mass is 16.2. The van der Waals surface area contributed by atoms with E-state index in [4.69, 9.17) is 0 Å². The predicted molar refractivity (Wildman–Crippen MR) is 107 cm³/mol. The van der Waals surface area contributed by atoms with Gasteiger partial charge in [0.05, 0.1) is 12.6 Å². The number of aryl methyl sites for hydroxylation is 2. The second-order valence-corrected chi connectivity index (χ2v) is 6.44. The molecule has 0 atom stereocenters. The number of amides is 1. The quantitative estimate of drug-likeness (QED) is 0.407. The second-order valence-electron chi connectivity index (χ2n) is 6.44. The van der Waals surface area contributed by atoms with Crippen molar-refractivity contribution in [1.82, 2.24) is 9.99 Å². The molecule has 132 valence electrons. The smallest absolute Gasteiger partial charge is 0.244 e. The molecule has 0 saturated heterocycles. The molecule has 1 heterocycles. The highest BCUT2D eigenvalue weighted by Crippen LogP contribution is 2.20. The van der Waals surface area contributed by atoms with E-state index in [1.807, 2.05) is 56.5 Å². The minimum absolute atomic E-state index is 0.122. The number of nitrogens with zero attached hydrogens (tertiary/aromatic N) is 2. The minimum Gasteiger partial charge on any atom is -0.343 e. The number of aromatic nitrogens is 1. The molecule has 1 N–H and O–H groups in total. The molecule has 0 fully saturated rings. The molecule has 0 bridgehead atoms. The Balaban J connectivity index is 1.71. The third-order valence-electron chi connectivity index (χ3n) is 4.39. The molecule has 0 saturated carbocycles. The average Bonchev–Trinajstić information content (AvgIpc) is 2.96. The summed E-state index contributed by atoms with van der Waals surface area (Å²) in [4.78, 5) is 12.2. The van der Waals surface area contributed by atoms with Crippen LogP contribution in [0, 0.1) is 13.8 Å². The molecule has 0 radical (unpaired) electrons. The molecule has 0 spiro atoms. The van der Waals surface area contributed by atoms with E-state index >= 15 is 0 Å². The summed E-state index contributed by atoms with van der Waals surface area (Å²) in [7, 11) is 0. The van der Waals surface area contributed by atoms with Crippen molar-refractivity contribution in [3.63, 3.8) is 0 Å². The Labute approximate surface area is 153 Å². The van der Waals surface area contributed by atoms with Crippen LogP contribution in [0.15, 0.2) is 66.4 Å². The van der Waals surface area contributed by atoms with Gasteiger partial charge in [0.2, 0.25) is 5.91 Å². The number of allylic oxidation sites excluding steroid dienone is 1. The van der Waals surface area contributed by atoms with Crippen LogP contribution in [-0.2, 0) is 17.8 Å². The van der Waals surface area contributed by atoms with Crippen molar-refractivity contribution >= 4 is 23.0 Å². The summed E-state index contributed by atoms with van der Waals surface area (Å²) in [6.45, 7) is 8.59. The molecular formula is C22H23N3O. The fraction of sp³-hybridized carbons (Fsp3) is 0.182. The van der Waals surface area contributed by atoms with Crippen LogP contribution in [0.2, 0.25) is 0 Å². The zero-order valence-corrected chi connectivity index (χ0v) is 15.2. The molecule has 4 nitrogen and oxygen atoms in total. The predicted octanol–water partition coefficient (Wildman–Crippen LogP) is 4.14. The molecule has 0 aliphatic heterocycles. The van der Waals surface area contributed by atoms with Crippen LogP contribution >= 0.6 is 0 Å². The SMILES string of the molecule is C=CCn1cc(/C=N\NC(=O)Cc2ccc(C)cc2C)c2ccccc21. The Morgan fingerprint density at radius 3 is 2.81 bits per heavy atom. The monoisotopic (exact) mass is 345 g/mol. The highest BCUT2D eigenvalue weighted by molar-refractivity contribution is 5.99. The van der Waals surface area contributed by atoms with Crippen molar-refractivity contribution in [3.8, 4) is 0 Å². The van der Waals surface area contributed by atoms with Gasteiger partial charge in [-0.1, -0.05) is 48.0 Å². The number of benzene rings is 2. The molecule has 3 rings (SSSR count). The van der Waals surface area contributed by atoms with Crippen molar-refractivity contribution in [1.29, 1.82) is 0 Å². The van der Waals surface area contributed by atoms with E-state index in [1.54, 1.807) is 6.21 Å². The van der Waals surface area contributed by atoms with Gasteiger partial charge in [0.1, 0.15) is 0 Å². The van der Waals surface area contributed by atoms with Gasteiger partial charge in [-0.2, -0.15) is 5.10 Å². The normalized spacial score (nSPS) is 11.2. The van der Waals surface area contributed by atoms with E-state index in [2.05, 4.69) is 33.8 Å². The third-order valence-corrected chi connectivity index (χ3v) is 4.39. The number of hydrazone groups is 1. The molecule has 1 aromatic heterocycles. The van der Waals surface area contributed by atoms with E-state index in [0.29, 0.717) is 6.42 Å². The summed E-state index contributed by atoms with van der Waals surface area (Å²) in [5, 5.41) is 5.24. The van der Waals surface area contributed by atoms with Crippen molar-refractivity contribution < 1.29 is 4.79 Å². The van der Waals surface area contributed by atoms with Gasteiger partial charge in [-0.25, -0.2) is 5.43 Å². The van der Waals surface area contributed by atoms with Crippen LogP contribution < -0.4 is 5.43 Å². The first-order valence-electron chi connectivity index (χ1n) is 8.65. The van der Waals surface area contributed by atoms with Gasteiger partial charge in [0, 0.05) is 29.2 Å². The Morgan fingerprint density at radius 1 is 1.23 bits per heavy atom. The zero-order chi connectivity index (χ0) is 18.5. The number of nitrogens with one attached hydrogen (secondary N) is 1. The Morgan fingerprint density at radius 2 is 2.04 bits per heavy atom. The van der Waals surface area contributed by atoms with Crippen LogP contribution in [0.25, 0.3) is 10.9 Å². The van der Waals surface area contributed by atoms with Gasteiger partial charge in [0.25, 0.3) is 0 Å². The van der Waals surface area contributed by atoms with Crippen molar-refractivity contribution in [2.75, 3.05) is 0 Å². The summed E-state index contributed by atoms with van der Waals surface area (Å²) in [5.41, 5.74) is 8.05. The lowest BCUT2D eigenvalue weighted by Crippen LogP contribution is -2.20. The lowest BCUT2D eigenvalue weighted by Gasteiger charge is -2.05. The summed E-state index contributed by atoms with van der Waals surface area (Å²) in [6.07, 6.45) is 5.90. The standard InChI is InChI=1S/C22H23N3O/c1-4-11-25-15-19(20-7-5-6-8-21(20)25)14-23-24-22(26)13-18-10-9-16(2)12-17(18)3/h4-10,12,14-15H,1,11,13H2,2-3H3,(H,24,26)/b23-14-. The maximum atomic E-state index is 12.2. The number of para-hydroxylation sites is 1. The number of hydrogen-bond acceptors (Lipinski definition) is 2. The lowest BCUT2D eigenvalue weighted by atomic mass is 10.0. The molecule has 1 amide bonds. The summed E-state index contributed by atoms with van der Waals surface area (Å²) < 4.78 is 2.11. The molecule has 0 unspecified atom stereocenters. The van der Waals surface area contributed by atoms with Crippen LogP contribution in [0.1, 0.15) is 22.3 Å². The number of hydrogen-bond donors (Lipinski definition) is 1. The van der Waals surface area contributed by atoms with Crippen LogP contribution in [0.5, 0.6) is 0 Å². The lowest BCUT2D eigenvalue weighted by molar-refractivity contribution is -0.120. The number of carbonyl (C=O) groups excluding carboxylic acids is 1. The van der Waals surface area contributed by atoms with Gasteiger partial charge in [-0.15, -0.1) is 6.58 Å². The maximum absolute atomic E-state index is 12.2. The van der Waals surface area contributed by atoms with E-state index in [1.165, 1.54) is 5.56 Å². The van der Waals surface area contributed by atoms with E-state index < -0.39 is 0 Å². The van der Waals surface area contributed by atoms with Crippen LogP contribution in [0.3, 0.4) is 0 Å². The average molecular weight is 345 g/mol. The number of rotatable bonds is 6. The van der Waals surface area contributed by atoms with Crippen molar-refractivity contribution in [2.24, 2.45) is 5.10 Å². The van der Waals surface area contributed by atoms with E-state index in [9.17, 15) is 4.79 Å². The maximum Gasteiger partial charge on any atom is 0.244 e. The Kier molecular flexibility index (Phi) is 5.32. The van der Waals surface area contributed by atoms with Gasteiger partial charge >= 0.3 is 0 Å². The summed E-state index contributed by atoms with van der Waals surface area (Å²) in [6, 6.07) is 14.2. The molecule has 0 aliphatic carbocycles. The molecule has 4 heteroatoms. The third kappa shape index (κ3) is 3.91. The first-order valence-corrected chi connectivity index (χ1v) is 8.65. The van der Waals surface area contributed by atoms with E-state index in [0.717, 1.165) is 34.1 Å². The molecule has 26 heavy (non-hydrogen) atoms. The minimum atomic E-state index is -0.122. The van der Waals surface area contributed by atoms with Gasteiger partial charge in [-0.05, 0) is 31.0 Å². The largest absolute Gasteiger partial charge is 0.343 e. The summed E-state index contributed by atoms with van der Waals surface area (Å²) >= 11 is 0. The fourth-order valence-electron chi connectivity index (χ4n) is 3.10.